The standard InChI is InChI=1S/C12H11N3O5S/c13-5-6-20-11(16)9(14)7-21-12(17)8-3-1-2-4-10(8)15(18)19/h1-4,9H,6-7,14H2/t9-/m0/s1. The summed E-state index contributed by atoms with van der Waals surface area (Å²) in [5, 5.41) is 18.5. The van der Waals surface area contributed by atoms with E-state index < -0.39 is 28.7 Å². The van der Waals surface area contributed by atoms with Gasteiger partial charge in [0.15, 0.2) is 6.61 Å². The predicted molar refractivity (Wildman–Crippen MR) is 74.4 cm³/mol. The summed E-state index contributed by atoms with van der Waals surface area (Å²) < 4.78 is 4.50. The van der Waals surface area contributed by atoms with Crippen molar-refractivity contribution in [2.24, 2.45) is 5.73 Å². The van der Waals surface area contributed by atoms with Gasteiger partial charge in [-0.3, -0.25) is 19.7 Å². The highest BCUT2D eigenvalue weighted by molar-refractivity contribution is 8.14. The number of thioether (sulfide) groups is 1. The molecule has 1 rings (SSSR count). The van der Waals surface area contributed by atoms with E-state index in [0.29, 0.717) is 11.8 Å². The van der Waals surface area contributed by atoms with Crippen LogP contribution in [0.15, 0.2) is 24.3 Å². The number of nitrogens with two attached hydrogens (primary N) is 1. The number of nitro benzene ring substituents is 1. The molecule has 0 unspecified atom stereocenters. The molecule has 2 N–H and O–H groups in total. The van der Waals surface area contributed by atoms with E-state index >= 15 is 0 Å². The Morgan fingerprint density at radius 3 is 2.76 bits per heavy atom. The fourth-order valence-electron chi connectivity index (χ4n) is 1.33. The number of rotatable bonds is 6. The molecule has 21 heavy (non-hydrogen) atoms. The number of hydrogen-bond donors (Lipinski definition) is 1. The molecule has 0 amide bonds. The number of benzene rings is 1. The van der Waals surface area contributed by atoms with E-state index in [2.05, 4.69) is 4.74 Å². The van der Waals surface area contributed by atoms with Crippen molar-refractivity contribution >= 4 is 28.5 Å². The van der Waals surface area contributed by atoms with E-state index in [9.17, 15) is 19.7 Å². The Hall–Kier alpha value is -2.44. The first-order valence-corrected chi connectivity index (χ1v) is 6.65. The Labute approximate surface area is 124 Å². The van der Waals surface area contributed by atoms with E-state index in [4.69, 9.17) is 11.0 Å². The van der Waals surface area contributed by atoms with Crippen molar-refractivity contribution in [1.29, 1.82) is 5.26 Å². The van der Waals surface area contributed by atoms with Gasteiger partial charge in [0.25, 0.3) is 5.69 Å². The van der Waals surface area contributed by atoms with Crippen LogP contribution < -0.4 is 5.73 Å². The molecule has 0 aliphatic heterocycles. The second kappa shape index (κ2) is 7.98. The summed E-state index contributed by atoms with van der Waals surface area (Å²) in [5.74, 6) is -0.908. The lowest BCUT2D eigenvalue weighted by Gasteiger charge is -2.08. The number of carbonyl (C=O) groups excluding carboxylic acids is 2. The summed E-state index contributed by atoms with van der Waals surface area (Å²) >= 11 is 0.679. The largest absolute Gasteiger partial charge is 0.449 e. The highest BCUT2D eigenvalue weighted by atomic mass is 32.2. The molecule has 0 aliphatic carbocycles. The highest BCUT2D eigenvalue weighted by Gasteiger charge is 2.22. The molecule has 8 nitrogen and oxygen atoms in total. The minimum absolute atomic E-state index is 0.0647. The van der Waals surface area contributed by atoms with Crippen molar-refractivity contribution in [1.82, 2.24) is 0 Å². The van der Waals surface area contributed by atoms with Crippen molar-refractivity contribution in [3.63, 3.8) is 0 Å². The third kappa shape index (κ3) is 4.87. The van der Waals surface area contributed by atoms with Gasteiger partial charge in [0.2, 0.25) is 5.12 Å². The summed E-state index contributed by atoms with van der Waals surface area (Å²) in [6.45, 7) is -0.421. The zero-order chi connectivity index (χ0) is 15.8. The maximum absolute atomic E-state index is 11.9. The Balaban J connectivity index is 2.65. The normalized spacial score (nSPS) is 11.2. The monoisotopic (exact) mass is 309 g/mol. The Bertz CT molecular complexity index is 599. The molecule has 1 aromatic rings. The molecular formula is C12H11N3O5S. The molecule has 0 aliphatic rings. The van der Waals surface area contributed by atoms with Crippen molar-refractivity contribution < 1.29 is 19.2 Å². The fraction of sp³-hybridized carbons (Fsp3) is 0.250. The zero-order valence-corrected chi connectivity index (χ0v) is 11.5. The fourth-order valence-corrected chi connectivity index (χ4v) is 2.12. The summed E-state index contributed by atoms with van der Waals surface area (Å²) in [6.07, 6.45) is 0. The molecule has 110 valence electrons. The van der Waals surface area contributed by atoms with E-state index in [0.717, 1.165) is 0 Å². The van der Waals surface area contributed by atoms with Crippen LogP contribution in [0.4, 0.5) is 5.69 Å². The van der Waals surface area contributed by atoms with Crippen LogP contribution in [0.25, 0.3) is 0 Å². The molecule has 0 radical (unpaired) electrons. The van der Waals surface area contributed by atoms with E-state index in [-0.39, 0.29) is 17.0 Å². The topological polar surface area (TPSA) is 136 Å². The summed E-state index contributed by atoms with van der Waals surface area (Å²) in [6, 6.07) is 6.02. The first kappa shape index (κ1) is 16.6. The third-order valence-electron chi connectivity index (χ3n) is 2.30. The Kier molecular flexibility index (Phi) is 6.32. The first-order valence-electron chi connectivity index (χ1n) is 5.67. The second-order valence-electron chi connectivity index (χ2n) is 3.75. The van der Waals surface area contributed by atoms with Crippen LogP contribution in [0.2, 0.25) is 0 Å². The smallest absolute Gasteiger partial charge is 0.324 e. The van der Waals surface area contributed by atoms with E-state index in [1.807, 2.05) is 0 Å². The maximum atomic E-state index is 11.9. The molecular weight excluding hydrogens is 298 g/mol. The van der Waals surface area contributed by atoms with Gasteiger partial charge in [0.1, 0.15) is 17.7 Å². The van der Waals surface area contributed by atoms with Crippen molar-refractivity contribution in [2.75, 3.05) is 12.4 Å². The Morgan fingerprint density at radius 1 is 1.48 bits per heavy atom. The molecule has 0 spiro atoms. The number of ether oxygens (including phenoxy) is 1. The first-order chi connectivity index (χ1) is 9.97. The van der Waals surface area contributed by atoms with Crippen molar-refractivity contribution in [3.8, 4) is 6.07 Å². The predicted octanol–water partition coefficient (Wildman–Crippen LogP) is 0.862. The van der Waals surface area contributed by atoms with Gasteiger partial charge in [-0.25, -0.2) is 0 Å². The van der Waals surface area contributed by atoms with Gasteiger partial charge in [-0.15, -0.1) is 0 Å². The van der Waals surface area contributed by atoms with E-state index in [1.165, 1.54) is 24.3 Å². The van der Waals surface area contributed by atoms with Crippen molar-refractivity contribution in [3.05, 3.63) is 39.9 Å². The number of carbonyl (C=O) groups is 2. The minimum Gasteiger partial charge on any atom is -0.449 e. The number of nitro groups is 1. The zero-order valence-electron chi connectivity index (χ0n) is 10.7. The number of nitrogens with zero attached hydrogens (tertiary/aromatic N) is 2. The molecule has 0 heterocycles. The molecule has 0 fully saturated rings. The second-order valence-corrected chi connectivity index (χ2v) is 4.74. The van der Waals surface area contributed by atoms with Gasteiger partial charge in [-0.05, 0) is 6.07 Å². The van der Waals surface area contributed by atoms with Crippen LogP contribution in [0.3, 0.4) is 0 Å². The lowest BCUT2D eigenvalue weighted by molar-refractivity contribution is -0.385. The highest BCUT2D eigenvalue weighted by Crippen LogP contribution is 2.23. The van der Waals surface area contributed by atoms with Gasteiger partial charge >= 0.3 is 5.97 Å². The van der Waals surface area contributed by atoms with Crippen LogP contribution in [0.1, 0.15) is 10.4 Å². The van der Waals surface area contributed by atoms with Gasteiger partial charge in [-0.2, -0.15) is 5.26 Å². The summed E-state index contributed by atoms with van der Waals surface area (Å²) in [5.41, 5.74) is 5.12. The van der Waals surface area contributed by atoms with Crippen molar-refractivity contribution in [2.45, 2.75) is 6.04 Å². The average Bonchev–Trinajstić information content (AvgIpc) is 2.49. The lowest BCUT2D eigenvalue weighted by atomic mass is 10.2. The molecule has 0 aromatic heterocycles. The maximum Gasteiger partial charge on any atom is 0.324 e. The number of esters is 1. The molecule has 9 heteroatoms. The number of nitriles is 1. The van der Waals surface area contributed by atoms with Gasteiger partial charge in [0.05, 0.1) is 4.92 Å². The van der Waals surface area contributed by atoms with Crippen LogP contribution in [0, 0.1) is 21.4 Å². The minimum atomic E-state index is -1.09. The molecule has 0 bridgehead atoms. The number of para-hydroxylation sites is 1. The molecule has 0 saturated carbocycles. The Morgan fingerprint density at radius 2 is 2.14 bits per heavy atom. The van der Waals surface area contributed by atoms with Gasteiger partial charge < -0.3 is 10.5 Å². The average molecular weight is 309 g/mol. The molecule has 1 aromatic carbocycles. The third-order valence-corrected chi connectivity index (χ3v) is 3.30. The molecule has 0 saturated heterocycles. The lowest BCUT2D eigenvalue weighted by Crippen LogP contribution is -2.35. The van der Waals surface area contributed by atoms with Gasteiger partial charge in [0, 0.05) is 11.8 Å². The molecule has 1 atom stereocenters. The van der Waals surface area contributed by atoms with E-state index in [1.54, 1.807) is 6.07 Å². The van der Waals surface area contributed by atoms with Crippen LogP contribution in [0.5, 0.6) is 0 Å². The number of hydrogen-bond acceptors (Lipinski definition) is 8. The van der Waals surface area contributed by atoms with Crippen LogP contribution in [-0.4, -0.2) is 34.4 Å². The van der Waals surface area contributed by atoms with Gasteiger partial charge in [-0.1, -0.05) is 23.9 Å². The summed E-state index contributed by atoms with van der Waals surface area (Å²) in [7, 11) is 0. The van der Waals surface area contributed by atoms with Crippen LogP contribution in [-0.2, 0) is 9.53 Å². The van der Waals surface area contributed by atoms with Crippen LogP contribution >= 0.6 is 11.8 Å². The summed E-state index contributed by atoms with van der Waals surface area (Å²) in [4.78, 5) is 33.4. The SMILES string of the molecule is N#CCOC(=O)[C@@H](N)CSC(=O)c1ccccc1[N+](=O)[O-]. The quantitative estimate of drug-likeness (QED) is 0.464.